The van der Waals surface area contributed by atoms with Gasteiger partial charge in [-0.2, -0.15) is 0 Å². The van der Waals surface area contributed by atoms with E-state index in [1.165, 1.54) is 10.4 Å². The molecule has 0 fully saturated rings. The van der Waals surface area contributed by atoms with Crippen LogP contribution in [0.4, 0.5) is 0 Å². The fourth-order valence-electron chi connectivity index (χ4n) is 1.81. The standard InChI is InChI=1S/C14H16N2OS/c1-10-7-8-18-12(10)9-16-13(14(15)17)11-5-3-2-4-6-11/h2-8,13,16H,9H2,1H3,(H2,15,17). The highest BCUT2D eigenvalue weighted by Gasteiger charge is 2.17. The lowest BCUT2D eigenvalue weighted by Gasteiger charge is -2.15. The molecule has 0 saturated heterocycles. The van der Waals surface area contributed by atoms with Gasteiger partial charge in [0.1, 0.15) is 6.04 Å². The van der Waals surface area contributed by atoms with Gasteiger partial charge in [0.2, 0.25) is 5.91 Å². The summed E-state index contributed by atoms with van der Waals surface area (Å²) in [5, 5.41) is 5.26. The van der Waals surface area contributed by atoms with E-state index in [9.17, 15) is 4.79 Å². The summed E-state index contributed by atoms with van der Waals surface area (Å²) >= 11 is 1.68. The SMILES string of the molecule is Cc1ccsc1CNC(C(N)=O)c1ccccc1. The fraction of sp³-hybridized carbons (Fsp3) is 0.214. The predicted octanol–water partition coefficient (Wildman–Crippen LogP) is 2.37. The average molecular weight is 260 g/mol. The van der Waals surface area contributed by atoms with Crippen molar-refractivity contribution in [3.05, 3.63) is 57.8 Å². The van der Waals surface area contributed by atoms with Crippen molar-refractivity contribution in [3.8, 4) is 0 Å². The Labute approximate surface area is 111 Å². The second-order valence-electron chi connectivity index (χ2n) is 4.15. The van der Waals surface area contributed by atoms with Crippen LogP contribution < -0.4 is 11.1 Å². The molecule has 0 radical (unpaired) electrons. The van der Waals surface area contributed by atoms with E-state index in [-0.39, 0.29) is 5.91 Å². The van der Waals surface area contributed by atoms with E-state index in [0.29, 0.717) is 6.54 Å². The molecule has 1 unspecified atom stereocenters. The predicted molar refractivity (Wildman–Crippen MR) is 74.3 cm³/mol. The third-order valence-corrected chi connectivity index (χ3v) is 3.88. The number of carbonyl (C=O) groups excluding carboxylic acids is 1. The zero-order valence-electron chi connectivity index (χ0n) is 10.2. The third-order valence-electron chi connectivity index (χ3n) is 2.85. The molecule has 4 heteroatoms. The molecule has 0 saturated carbocycles. The van der Waals surface area contributed by atoms with E-state index in [1.54, 1.807) is 11.3 Å². The van der Waals surface area contributed by atoms with Crippen LogP contribution in [0.2, 0.25) is 0 Å². The summed E-state index contributed by atoms with van der Waals surface area (Å²) in [4.78, 5) is 12.7. The Balaban J connectivity index is 2.09. The first-order chi connectivity index (χ1) is 8.68. The Morgan fingerprint density at radius 3 is 2.61 bits per heavy atom. The third kappa shape index (κ3) is 2.97. The first-order valence-electron chi connectivity index (χ1n) is 5.79. The number of nitrogens with two attached hydrogens (primary N) is 1. The lowest BCUT2D eigenvalue weighted by atomic mass is 10.1. The zero-order chi connectivity index (χ0) is 13.0. The molecule has 1 heterocycles. The maximum Gasteiger partial charge on any atom is 0.239 e. The van der Waals surface area contributed by atoms with Crippen LogP contribution >= 0.6 is 11.3 Å². The number of nitrogens with one attached hydrogen (secondary N) is 1. The van der Waals surface area contributed by atoms with Crippen LogP contribution in [0.25, 0.3) is 0 Å². The van der Waals surface area contributed by atoms with Gasteiger partial charge in [0, 0.05) is 11.4 Å². The quantitative estimate of drug-likeness (QED) is 0.867. The first-order valence-corrected chi connectivity index (χ1v) is 6.67. The van der Waals surface area contributed by atoms with Gasteiger partial charge >= 0.3 is 0 Å². The van der Waals surface area contributed by atoms with E-state index in [0.717, 1.165) is 5.56 Å². The zero-order valence-corrected chi connectivity index (χ0v) is 11.0. The number of amides is 1. The lowest BCUT2D eigenvalue weighted by Crippen LogP contribution is -2.33. The molecule has 0 aliphatic rings. The van der Waals surface area contributed by atoms with Crippen molar-refractivity contribution in [2.75, 3.05) is 0 Å². The minimum atomic E-state index is -0.437. The normalized spacial score (nSPS) is 12.3. The lowest BCUT2D eigenvalue weighted by molar-refractivity contribution is -0.120. The molecule has 3 nitrogen and oxygen atoms in total. The molecule has 0 aliphatic heterocycles. The van der Waals surface area contributed by atoms with Crippen LogP contribution in [-0.2, 0) is 11.3 Å². The van der Waals surface area contributed by atoms with Crippen molar-refractivity contribution in [1.82, 2.24) is 5.32 Å². The van der Waals surface area contributed by atoms with Gasteiger partial charge < -0.3 is 5.73 Å². The van der Waals surface area contributed by atoms with Crippen molar-refractivity contribution >= 4 is 17.2 Å². The maximum atomic E-state index is 11.5. The van der Waals surface area contributed by atoms with E-state index in [4.69, 9.17) is 5.73 Å². The molecule has 3 N–H and O–H groups in total. The Bertz CT molecular complexity index is 522. The Kier molecular flexibility index (Phi) is 4.12. The topological polar surface area (TPSA) is 55.1 Å². The number of rotatable bonds is 5. The molecule has 0 bridgehead atoms. The number of benzene rings is 1. The van der Waals surface area contributed by atoms with Gasteiger partial charge in [-0.25, -0.2) is 0 Å². The molecule has 0 aliphatic carbocycles. The molecular formula is C14H16N2OS. The van der Waals surface area contributed by atoms with Gasteiger partial charge in [-0.15, -0.1) is 11.3 Å². The van der Waals surface area contributed by atoms with Gasteiger partial charge in [-0.1, -0.05) is 30.3 Å². The number of hydrogen-bond acceptors (Lipinski definition) is 3. The van der Waals surface area contributed by atoms with E-state index in [2.05, 4.69) is 18.3 Å². The number of carbonyl (C=O) groups is 1. The van der Waals surface area contributed by atoms with E-state index >= 15 is 0 Å². The molecule has 1 aromatic heterocycles. The summed E-state index contributed by atoms with van der Waals surface area (Å²) in [5.74, 6) is -0.351. The van der Waals surface area contributed by atoms with Crippen LogP contribution in [0, 0.1) is 6.92 Å². The van der Waals surface area contributed by atoms with Crippen LogP contribution in [0.1, 0.15) is 22.0 Å². The van der Waals surface area contributed by atoms with Gasteiger partial charge in [-0.05, 0) is 29.5 Å². The largest absolute Gasteiger partial charge is 0.368 e. The van der Waals surface area contributed by atoms with E-state index in [1.807, 2.05) is 35.7 Å². The van der Waals surface area contributed by atoms with Crippen LogP contribution in [-0.4, -0.2) is 5.91 Å². The fourth-order valence-corrected chi connectivity index (χ4v) is 2.67. The van der Waals surface area contributed by atoms with Gasteiger partial charge in [0.15, 0.2) is 0 Å². The molecule has 18 heavy (non-hydrogen) atoms. The number of aryl methyl sites for hydroxylation is 1. The van der Waals surface area contributed by atoms with Crippen molar-refractivity contribution < 1.29 is 4.79 Å². The van der Waals surface area contributed by atoms with Crippen molar-refractivity contribution in [2.45, 2.75) is 19.5 Å². The van der Waals surface area contributed by atoms with Crippen LogP contribution in [0.15, 0.2) is 41.8 Å². The smallest absolute Gasteiger partial charge is 0.239 e. The van der Waals surface area contributed by atoms with Crippen molar-refractivity contribution in [1.29, 1.82) is 0 Å². The highest BCUT2D eigenvalue weighted by atomic mass is 32.1. The monoisotopic (exact) mass is 260 g/mol. The molecular weight excluding hydrogens is 244 g/mol. The highest BCUT2D eigenvalue weighted by Crippen LogP contribution is 2.18. The minimum absolute atomic E-state index is 0.351. The van der Waals surface area contributed by atoms with Gasteiger partial charge in [-0.3, -0.25) is 10.1 Å². The molecule has 2 aromatic rings. The second kappa shape index (κ2) is 5.80. The summed E-state index contributed by atoms with van der Waals surface area (Å²) in [7, 11) is 0. The molecule has 2 rings (SSSR count). The molecule has 1 amide bonds. The molecule has 94 valence electrons. The van der Waals surface area contributed by atoms with E-state index < -0.39 is 6.04 Å². The van der Waals surface area contributed by atoms with Crippen molar-refractivity contribution in [3.63, 3.8) is 0 Å². The summed E-state index contributed by atoms with van der Waals surface area (Å²) in [6.45, 7) is 2.72. The highest BCUT2D eigenvalue weighted by molar-refractivity contribution is 7.10. The van der Waals surface area contributed by atoms with Gasteiger partial charge in [0.05, 0.1) is 0 Å². The summed E-state index contributed by atoms with van der Waals surface area (Å²) in [5.41, 5.74) is 7.59. The number of hydrogen-bond donors (Lipinski definition) is 2. The van der Waals surface area contributed by atoms with Crippen molar-refractivity contribution in [2.24, 2.45) is 5.73 Å². The average Bonchev–Trinajstić information content (AvgIpc) is 2.76. The maximum absolute atomic E-state index is 11.5. The second-order valence-corrected chi connectivity index (χ2v) is 5.15. The van der Waals surface area contributed by atoms with Gasteiger partial charge in [0.25, 0.3) is 0 Å². The Morgan fingerprint density at radius 1 is 1.33 bits per heavy atom. The summed E-state index contributed by atoms with van der Waals surface area (Å²) < 4.78 is 0. The number of thiophene rings is 1. The minimum Gasteiger partial charge on any atom is -0.368 e. The Morgan fingerprint density at radius 2 is 2.06 bits per heavy atom. The Hall–Kier alpha value is -1.65. The van der Waals surface area contributed by atoms with Crippen LogP contribution in [0.5, 0.6) is 0 Å². The first kappa shape index (κ1) is 12.8. The molecule has 1 atom stereocenters. The molecule has 0 spiro atoms. The summed E-state index contributed by atoms with van der Waals surface area (Å²) in [6.07, 6.45) is 0. The molecule has 1 aromatic carbocycles. The van der Waals surface area contributed by atoms with Crippen LogP contribution in [0.3, 0.4) is 0 Å². The summed E-state index contributed by atoms with van der Waals surface area (Å²) in [6, 6.07) is 11.2. The number of primary amides is 1.